The summed E-state index contributed by atoms with van der Waals surface area (Å²) in [5.74, 6) is -0.230. The summed E-state index contributed by atoms with van der Waals surface area (Å²) in [5.41, 5.74) is -0.627. The molecule has 1 aromatic rings. The fourth-order valence-electron chi connectivity index (χ4n) is 3.26. The summed E-state index contributed by atoms with van der Waals surface area (Å²) in [4.78, 5) is 26.0. The molecule has 0 N–H and O–H groups in total. The van der Waals surface area contributed by atoms with Gasteiger partial charge in [-0.1, -0.05) is 0 Å². The van der Waals surface area contributed by atoms with Crippen LogP contribution < -0.4 is 5.63 Å². The molecular formula is C17H20F3NO5. The van der Waals surface area contributed by atoms with Gasteiger partial charge >= 0.3 is 11.8 Å². The van der Waals surface area contributed by atoms with E-state index in [-0.39, 0.29) is 24.6 Å². The summed E-state index contributed by atoms with van der Waals surface area (Å²) in [6.45, 7) is 1.85. The molecule has 1 atom stereocenters. The Hall–Kier alpha value is -1.87. The highest BCUT2D eigenvalue weighted by atomic mass is 19.4. The Labute approximate surface area is 147 Å². The van der Waals surface area contributed by atoms with E-state index in [1.165, 1.54) is 0 Å². The van der Waals surface area contributed by atoms with E-state index in [0.29, 0.717) is 37.4 Å². The number of rotatable bonds is 2. The second kappa shape index (κ2) is 7.40. The molecule has 2 fully saturated rings. The van der Waals surface area contributed by atoms with Crippen LogP contribution in [0.3, 0.4) is 0 Å². The van der Waals surface area contributed by atoms with Gasteiger partial charge in [-0.25, -0.2) is 4.79 Å². The molecule has 0 radical (unpaired) electrons. The fourth-order valence-corrected chi connectivity index (χ4v) is 3.26. The second-order valence-corrected chi connectivity index (χ2v) is 6.53. The Bertz CT molecular complexity index is 724. The molecule has 1 unspecified atom stereocenters. The van der Waals surface area contributed by atoms with Crippen molar-refractivity contribution in [3.8, 4) is 0 Å². The highest BCUT2D eigenvalue weighted by Crippen LogP contribution is 2.28. The van der Waals surface area contributed by atoms with Crippen molar-refractivity contribution in [2.45, 2.75) is 38.0 Å². The first kappa shape index (κ1) is 18.9. The van der Waals surface area contributed by atoms with Crippen LogP contribution in [-0.2, 0) is 9.47 Å². The van der Waals surface area contributed by atoms with Gasteiger partial charge in [-0.05, 0) is 31.4 Å². The van der Waals surface area contributed by atoms with Crippen molar-refractivity contribution in [1.82, 2.24) is 4.90 Å². The van der Waals surface area contributed by atoms with Crippen molar-refractivity contribution in [1.29, 1.82) is 0 Å². The number of aryl methyl sites for hydroxylation is 1. The van der Waals surface area contributed by atoms with Crippen molar-refractivity contribution >= 4 is 5.91 Å². The molecule has 3 rings (SSSR count). The van der Waals surface area contributed by atoms with Gasteiger partial charge in [0.05, 0.1) is 13.2 Å². The number of halogens is 3. The number of alkyl halides is 3. The first-order valence-corrected chi connectivity index (χ1v) is 8.47. The molecule has 0 spiro atoms. The monoisotopic (exact) mass is 375 g/mol. The van der Waals surface area contributed by atoms with Crippen molar-refractivity contribution in [3.05, 3.63) is 33.4 Å². The first-order valence-electron chi connectivity index (χ1n) is 8.47. The third-order valence-electron chi connectivity index (χ3n) is 4.72. The van der Waals surface area contributed by atoms with Gasteiger partial charge in [-0.2, -0.15) is 13.2 Å². The van der Waals surface area contributed by atoms with Gasteiger partial charge in [0.25, 0.3) is 5.91 Å². The summed E-state index contributed by atoms with van der Waals surface area (Å²) in [5, 5.41) is 0. The lowest BCUT2D eigenvalue weighted by Crippen LogP contribution is -2.51. The highest BCUT2D eigenvalue weighted by molar-refractivity contribution is 5.95. The van der Waals surface area contributed by atoms with Crippen LogP contribution in [0.1, 0.15) is 40.4 Å². The van der Waals surface area contributed by atoms with Gasteiger partial charge in [0, 0.05) is 25.7 Å². The first-order chi connectivity index (χ1) is 12.3. The molecule has 0 bridgehead atoms. The van der Waals surface area contributed by atoms with Gasteiger partial charge in [-0.3, -0.25) is 4.79 Å². The van der Waals surface area contributed by atoms with Crippen molar-refractivity contribution in [3.63, 3.8) is 0 Å². The topological polar surface area (TPSA) is 69.0 Å². The molecule has 0 aromatic carbocycles. The predicted molar refractivity (Wildman–Crippen MR) is 84.2 cm³/mol. The van der Waals surface area contributed by atoms with E-state index in [9.17, 15) is 22.8 Å². The van der Waals surface area contributed by atoms with E-state index in [4.69, 9.17) is 9.15 Å². The van der Waals surface area contributed by atoms with E-state index >= 15 is 0 Å². The zero-order chi connectivity index (χ0) is 18.9. The minimum atomic E-state index is -4.56. The highest BCUT2D eigenvalue weighted by Gasteiger charge is 2.44. The Kier molecular flexibility index (Phi) is 5.38. The van der Waals surface area contributed by atoms with E-state index in [1.807, 2.05) is 0 Å². The molecule has 1 amide bonds. The summed E-state index contributed by atoms with van der Waals surface area (Å²) < 4.78 is 53.8. The average Bonchev–Trinajstić information content (AvgIpc) is 2.61. The number of ether oxygens (including phenoxy) is 2. The molecule has 3 heterocycles. The van der Waals surface area contributed by atoms with Gasteiger partial charge in [0.15, 0.2) is 6.10 Å². The molecule has 6 nitrogen and oxygen atoms in total. The standard InChI is InChI=1S/C17H20F3NO5/c1-10-8-12(11-2-5-24-6-3-11)26-16(23)14(10)15(22)21-4-7-25-13(9-21)17(18,19)20/h8,11,13H,2-7,9H2,1H3. The van der Waals surface area contributed by atoms with Gasteiger partial charge in [-0.15, -0.1) is 0 Å². The number of nitrogens with zero attached hydrogens (tertiary/aromatic N) is 1. The molecule has 0 saturated carbocycles. The molecule has 2 aliphatic rings. The average molecular weight is 375 g/mol. The molecule has 144 valence electrons. The third kappa shape index (κ3) is 3.93. The van der Waals surface area contributed by atoms with E-state index in [2.05, 4.69) is 4.74 Å². The molecule has 26 heavy (non-hydrogen) atoms. The quantitative estimate of drug-likeness (QED) is 0.793. The molecule has 2 aliphatic heterocycles. The molecule has 2 saturated heterocycles. The number of hydrogen-bond donors (Lipinski definition) is 0. The molecule has 9 heteroatoms. The smallest absolute Gasteiger partial charge is 0.416 e. The number of hydrogen-bond acceptors (Lipinski definition) is 5. The number of amides is 1. The zero-order valence-corrected chi connectivity index (χ0v) is 14.3. The van der Waals surface area contributed by atoms with Crippen molar-refractivity contribution < 1.29 is 31.9 Å². The van der Waals surface area contributed by atoms with Crippen LogP contribution in [0.25, 0.3) is 0 Å². The summed E-state index contributed by atoms with van der Waals surface area (Å²) in [7, 11) is 0. The van der Waals surface area contributed by atoms with E-state index in [0.717, 1.165) is 4.90 Å². The number of carbonyl (C=O) groups is 1. The van der Waals surface area contributed by atoms with Gasteiger partial charge in [0.1, 0.15) is 11.3 Å². The van der Waals surface area contributed by atoms with Gasteiger partial charge < -0.3 is 18.8 Å². The minimum absolute atomic E-state index is 0.00793. The summed E-state index contributed by atoms with van der Waals surface area (Å²) >= 11 is 0. The number of carbonyl (C=O) groups excluding carboxylic acids is 1. The lowest BCUT2D eigenvalue weighted by molar-refractivity contribution is -0.233. The third-order valence-corrected chi connectivity index (χ3v) is 4.72. The minimum Gasteiger partial charge on any atom is -0.427 e. The second-order valence-electron chi connectivity index (χ2n) is 6.53. The Balaban J connectivity index is 1.82. The van der Waals surface area contributed by atoms with Crippen molar-refractivity contribution in [2.24, 2.45) is 0 Å². The van der Waals surface area contributed by atoms with Crippen LogP contribution in [0.2, 0.25) is 0 Å². The van der Waals surface area contributed by atoms with Crippen molar-refractivity contribution in [2.75, 3.05) is 32.9 Å². The van der Waals surface area contributed by atoms with Crippen LogP contribution in [0.15, 0.2) is 15.3 Å². The zero-order valence-electron chi connectivity index (χ0n) is 14.3. The normalized spacial score (nSPS) is 22.5. The van der Waals surface area contributed by atoms with Crippen LogP contribution >= 0.6 is 0 Å². The maximum absolute atomic E-state index is 12.8. The summed E-state index contributed by atoms with van der Waals surface area (Å²) in [6.07, 6.45) is -5.18. The Morgan fingerprint density at radius 3 is 2.54 bits per heavy atom. The number of morpholine rings is 1. The molecule has 0 aliphatic carbocycles. The van der Waals surface area contributed by atoms with Crippen LogP contribution in [0.5, 0.6) is 0 Å². The largest absolute Gasteiger partial charge is 0.427 e. The fraction of sp³-hybridized carbons (Fsp3) is 0.647. The van der Waals surface area contributed by atoms with E-state index < -0.39 is 30.4 Å². The predicted octanol–water partition coefficient (Wildman–Crippen LogP) is 2.25. The Morgan fingerprint density at radius 2 is 1.92 bits per heavy atom. The summed E-state index contributed by atoms with van der Waals surface area (Å²) in [6, 6.07) is 1.63. The maximum atomic E-state index is 12.8. The molecule has 1 aromatic heterocycles. The lowest BCUT2D eigenvalue weighted by Gasteiger charge is -2.33. The van der Waals surface area contributed by atoms with Gasteiger partial charge in [0.2, 0.25) is 0 Å². The lowest BCUT2D eigenvalue weighted by atomic mass is 9.95. The molecular weight excluding hydrogens is 355 g/mol. The maximum Gasteiger partial charge on any atom is 0.416 e. The SMILES string of the molecule is Cc1cc(C2CCOCC2)oc(=O)c1C(=O)N1CCOC(C(F)(F)F)C1. The Morgan fingerprint density at radius 1 is 1.23 bits per heavy atom. The van der Waals surface area contributed by atoms with Crippen LogP contribution in [-0.4, -0.2) is 56.0 Å². The van der Waals surface area contributed by atoms with Crippen LogP contribution in [0, 0.1) is 6.92 Å². The van der Waals surface area contributed by atoms with Crippen LogP contribution in [0.4, 0.5) is 13.2 Å². The van der Waals surface area contributed by atoms with E-state index in [1.54, 1.807) is 13.0 Å².